The quantitative estimate of drug-likeness (QED) is 0.882. The second kappa shape index (κ2) is 6.91. The van der Waals surface area contributed by atoms with Gasteiger partial charge in [0.2, 0.25) is 5.91 Å². The Labute approximate surface area is 136 Å². The SMILES string of the molecule is CC(=O)NCc1cnc([C@@H]2CCN(Cc3ncccc3C)C2)[nH]1. The Morgan fingerprint density at radius 3 is 3.13 bits per heavy atom. The van der Waals surface area contributed by atoms with Crippen molar-refractivity contribution in [3.63, 3.8) is 0 Å². The number of aromatic nitrogens is 3. The van der Waals surface area contributed by atoms with Crippen LogP contribution in [0, 0.1) is 6.92 Å². The van der Waals surface area contributed by atoms with Gasteiger partial charge in [-0.05, 0) is 31.5 Å². The Morgan fingerprint density at radius 2 is 2.35 bits per heavy atom. The van der Waals surface area contributed by atoms with Crippen LogP contribution in [0.4, 0.5) is 0 Å². The summed E-state index contributed by atoms with van der Waals surface area (Å²) in [7, 11) is 0. The number of pyridine rings is 1. The number of aryl methyl sites for hydroxylation is 1. The minimum Gasteiger partial charge on any atom is -0.351 e. The minimum atomic E-state index is -0.0288. The van der Waals surface area contributed by atoms with Crippen molar-refractivity contribution in [1.82, 2.24) is 25.2 Å². The second-order valence-corrected chi connectivity index (χ2v) is 6.19. The van der Waals surface area contributed by atoms with E-state index in [1.807, 2.05) is 18.5 Å². The van der Waals surface area contributed by atoms with Crippen LogP contribution in [0.1, 0.15) is 42.0 Å². The molecule has 0 spiro atoms. The molecule has 3 heterocycles. The molecule has 6 nitrogen and oxygen atoms in total. The molecule has 0 aliphatic carbocycles. The monoisotopic (exact) mass is 313 g/mol. The Hall–Kier alpha value is -2.21. The normalized spacial score (nSPS) is 18.3. The highest BCUT2D eigenvalue weighted by Gasteiger charge is 2.26. The molecule has 1 aliphatic heterocycles. The van der Waals surface area contributed by atoms with Crippen molar-refractivity contribution in [3.05, 3.63) is 47.3 Å². The number of hydrogen-bond acceptors (Lipinski definition) is 4. The summed E-state index contributed by atoms with van der Waals surface area (Å²) in [5.41, 5.74) is 3.35. The van der Waals surface area contributed by atoms with Crippen LogP contribution in [-0.2, 0) is 17.9 Å². The van der Waals surface area contributed by atoms with E-state index in [-0.39, 0.29) is 5.91 Å². The van der Waals surface area contributed by atoms with Crippen molar-refractivity contribution in [2.45, 2.75) is 39.3 Å². The predicted molar refractivity (Wildman–Crippen MR) is 87.7 cm³/mol. The lowest BCUT2D eigenvalue weighted by Crippen LogP contribution is -2.21. The number of carbonyl (C=O) groups is 1. The van der Waals surface area contributed by atoms with Gasteiger partial charge in [-0.2, -0.15) is 0 Å². The van der Waals surface area contributed by atoms with Gasteiger partial charge in [0.1, 0.15) is 5.82 Å². The highest BCUT2D eigenvalue weighted by molar-refractivity contribution is 5.72. The maximum Gasteiger partial charge on any atom is 0.217 e. The van der Waals surface area contributed by atoms with Gasteiger partial charge in [-0.25, -0.2) is 4.98 Å². The molecule has 122 valence electrons. The Balaban J connectivity index is 1.57. The molecule has 1 aliphatic rings. The van der Waals surface area contributed by atoms with E-state index in [0.717, 1.165) is 43.3 Å². The molecular weight excluding hydrogens is 290 g/mol. The van der Waals surface area contributed by atoms with Crippen LogP contribution in [0.5, 0.6) is 0 Å². The minimum absolute atomic E-state index is 0.0288. The molecule has 1 saturated heterocycles. The van der Waals surface area contributed by atoms with Crippen molar-refractivity contribution >= 4 is 5.91 Å². The fourth-order valence-electron chi connectivity index (χ4n) is 2.99. The van der Waals surface area contributed by atoms with Crippen molar-refractivity contribution in [2.24, 2.45) is 0 Å². The molecule has 2 aromatic rings. The number of rotatable bonds is 5. The van der Waals surface area contributed by atoms with E-state index in [2.05, 4.69) is 38.2 Å². The van der Waals surface area contributed by atoms with Crippen LogP contribution in [0.15, 0.2) is 24.5 Å². The molecule has 2 N–H and O–H groups in total. The smallest absolute Gasteiger partial charge is 0.217 e. The number of carbonyl (C=O) groups excluding carboxylic acids is 1. The number of hydrogen-bond donors (Lipinski definition) is 2. The highest BCUT2D eigenvalue weighted by atomic mass is 16.1. The number of likely N-dealkylation sites (tertiary alicyclic amines) is 1. The molecule has 0 radical (unpaired) electrons. The Kier molecular flexibility index (Phi) is 4.71. The first-order valence-corrected chi connectivity index (χ1v) is 8.03. The summed E-state index contributed by atoms with van der Waals surface area (Å²) in [5, 5.41) is 2.78. The number of nitrogens with one attached hydrogen (secondary N) is 2. The molecule has 1 amide bonds. The molecule has 0 saturated carbocycles. The molecule has 0 bridgehead atoms. The average molecular weight is 313 g/mol. The summed E-state index contributed by atoms with van der Waals surface area (Å²) in [6.07, 6.45) is 4.77. The third-order valence-electron chi connectivity index (χ3n) is 4.33. The third-order valence-corrected chi connectivity index (χ3v) is 4.33. The molecule has 1 fully saturated rings. The zero-order chi connectivity index (χ0) is 16.2. The summed E-state index contributed by atoms with van der Waals surface area (Å²) in [6.45, 7) is 7.07. The van der Waals surface area contributed by atoms with Gasteiger partial charge in [-0.3, -0.25) is 14.7 Å². The van der Waals surface area contributed by atoms with Crippen LogP contribution < -0.4 is 5.32 Å². The van der Waals surface area contributed by atoms with Gasteiger partial charge >= 0.3 is 0 Å². The van der Waals surface area contributed by atoms with E-state index in [1.54, 1.807) is 0 Å². The van der Waals surface area contributed by atoms with Crippen LogP contribution in [0.2, 0.25) is 0 Å². The summed E-state index contributed by atoms with van der Waals surface area (Å²) in [5.74, 6) is 1.41. The second-order valence-electron chi connectivity index (χ2n) is 6.19. The van der Waals surface area contributed by atoms with Gasteiger partial charge in [-0.1, -0.05) is 6.07 Å². The molecule has 0 unspecified atom stereocenters. The molecule has 3 rings (SSSR count). The summed E-state index contributed by atoms with van der Waals surface area (Å²) >= 11 is 0. The third kappa shape index (κ3) is 3.96. The van der Waals surface area contributed by atoms with E-state index < -0.39 is 0 Å². The topological polar surface area (TPSA) is 73.9 Å². The van der Waals surface area contributed by atoms with E-state index in [4.69, 9.17) is 0 Å². The zero-order valence-corrected chi connectivity index (χ0v) is 13.7. The fraction of sp³-hybridized carbons (Fsp3) is 0.471. The highest BCUT2D eigenvalue weighted by Crippen LogP contribution is 2.26. The van der Waals surface area contributed by atoms with Gasteiger partial charge < -0.3 is 10.3 Å². The molecule has 0 aromatic carbocycles. The number of nitrogens with zero attached hydrogens (tertiary/aromatic N) is 3. The molecule has 23 heavy (non-hydrogen) atoms. The largest absolute Gasteiger partial charge is 0.351 e. The predicted octanol–water partition coefficient (Wildman–Crippen LogP) is 1.74. The number of aromatic amines is 1. The zero-order valence-electron chi connectivity index (χ0n) is 13.7. The molecular formula is C17H23N5O. The lowest BCUT2D eigenvalue weighted by molar-refractivity contribution is -0.119. The number of imidazole rings is 1. The van der Waals surface area contributed by atoms with Gasteiger partial charge in [-0.15, -0.1) is 0 Å². The van der Waals surface area contributed by atoms with Crippen LogP contribution in [0.3, 0.4) is 0 Å². The van der Waals surface area contributed by atoms with Gasteiger partial charge in [0.25, 0.3) is 0 Å². The number of H-pyrrole nitrogens is 1. The maximum absolute atomic E-state index is 11.0. The lowest BCUT2D eigenvalue weighted by Gasteiger charge is -2.16. The van der Waals surface area contributed by atoms with Gasteiger partial charge in [0.05, 0.1) is 24.1 Å². The van der Waals surface area contributed by atoms with Gasteiger partial charge in [0.15, 0.2) is 0 Å². The number of amides is 1. The molecule has 6 heteroatoms. The van der Waals surface area contributed by atoms with Crippen LogP contribution in [-0.4, -0.2) is 38.8 Å². The van der Waals surface area contributed by atoms with Crippen LogP contribution >= 0.6 is 0 Å². The van der Waals surface area contributed by atoms with Crippen molar-refractivity contribution in [3.8, 4) is 0 Å². The first-order chi connectivity index (χ1) is 11.1. The summed E-state index contributed by atoms with van der Waals surface area (Å²) < 4.78 is 0. The van der Waals surface area contributed by atoms with E-state index in [1.165, 1.54) is 12.5 Å². The van der Waals surface area contributed by atoms with Crippen molar-refractivity contribution in [2.75, 3.05) is 13.1 Å². The summed E-state index contributed by atoms with van der Waals surface area (Å²) in [4.78, 5) is 25.7. The van der Waals surface area contributed by atoms with Gasteiger partial charge in [0, 0.05) is 32.1 Å². The summed E-state index contributed by atoms with van der Waals surface area (Å²) in [6, 6.07) is 4.09. The molecule has 2 aromatic heterocycles. The lowest BCUT2D eigenvalue weighted by atomic mass is 10.1. The Morgan fingerprint density at radius 1 is 1.48 bits per heavy atom. The van der Waals surface area contributed by atoms with E-state index in [0.29, 0.717) is 12.5 Å². The fourth-order valence-corrected chi connectivity index (χ4v) is 2.99. The van der Waals surface area contributed by atoms with Crippen molar-refractivity contribution < 1.29 is 4.79 Å². The van der Waals surface area contributed by atoms with E-state index >= 15 is 0 Å². The standard InChI is InChI=1S/C17H23N5O/c1-12-4-3-6-18-16(12)11-22-7-5-14(10-22)17-20-9-15(21-17)8-19-13(2)23/h3-4,6,9,14H,5,7-8,10-11H2,1-2H3,(H,19,23)(H,20,21)/t14-/m1/s1. The van der Waals surface area contributed by atoms with E-state index in [9.17, 15) is 4.79 Å². The van der Waals surface area contributed by atoms with Crippen LogP contribution in [0.25, 0.3) is 0 Å². The maximum atomic E-state index is 11.0. The van der Waals surface area contributed by atoms with Crippen molar-refractivity contribution in [1.29, 1.82) is 0 Å². The first kappa shape index (κ1) is 15.7. The molecule has 1 atom stereocenters. The average Bonchev–Trinajstić information content (AvgIpc) is 3.16. The first-order valence-electron chi connectivity index (χ1n) is 8.03. The Bertz CT molecular complexity index is 681.